The highest BCUT2D eigenvalue weighted by Gasteiger charge is 2.13. The van der Waals surface area contributed by atoms with Gasteiger partial charge in [0.25, 0.3) is 0 Å². The van der Waals surface area contributed by atoms with E-state index in [9.17, 15) is 4.39 Å². The smallest absolute Gasteiger partial charge is 0.166 e. The third kappa shape index (κ3) is 8.64. The van der Waals surface area contributed by atoms with Gasteiger partial charge in [-0.3, -0.25) is 4.90 Å². The average molecular weight is 494 g/mol. The Balaban J connectivity index is 0.00000240. The van der Waals surface area contributed by atoms with Crippen LogP contribution in [0.25, 0.3) is 0 Å². The molecule has 0 bridgehead atoms. The molecule has 2 aromatic rings. The number of benzene rings is 2. The maximum absolute atomic E-state index is 13.3. The van der Waals surface area contributed by atoms with Crippen LogP contribution in [-0.4, -0.2) is 51.4 Å². The van der Waals surface area contributed by atoms with Crippen molar-refractivity contribution in [1.29, 1.82) is 0 Å². The predicted molar refractivity (Wildman–Crippen MR) is 112 cm³/mol. The first kappa shape index (κ1) is 27.8. The van der Waals surface area contributed by atoms with Crippen LogP contribution in [0.1, 0.15) is 17.5 Å². The van der Waals surface area contributed by atoms with Gasteiger partial charge < -0.3 is 44.3 Å². The summed E-state index contributed by atoms with van der Waals surface area (Å²) in [6, 6.07) is 10.1. The third-order valence-electron chi connectivity index (χ3n) is 4.91. The third-order valence-corrected chi connectivity index (χ3v) is 5.27. The van der Waals surface area contributed by atoms with Gasteiger partial charge >= 0.3 is 0 Å². The zero-order valence-corrected chi connectivity index (χ0v) is 19.8. The van der Waals surface area contributed by atoms with Gasteiger partial charge in [0.1, 0.15) is 12.4 Å². The molecule has 5 nitrogen and oxygen atoms in total. The molecule has 0 atom stereocenters. The van der Waals surface area contributed by atoms with Crippen LogP contribution in [0.4, 0.5) is 4.39 Å². The molecular weight excluding hydrogens is 466 g/mol. The van der Waals surface area contributed by atoms with Crippen LogP contribution in [0.5, 0.6) is 11.5 Å². The van der Waals surface area contributed by atoms with Crippen LogP contribution in [0, 0.1) is 5.82 Å². The summed E-state index contributed by atoms with van der Waals surface area (Å²) < 4.78 is 30.1. The second-order valence-corrected chi connectivity index (χ2v) is 7.36. The monoisotopic (exact) mass is 492 g/mol. The number of methoxy groups -OCH3 is 1. The molecule has 1 N–H and O–H groups in total. The fourth-order valence-corrected chi connectivity index (χ4v) is 3.51. The average Bonchev–Trinajstić information content (AvgIpc) is 2.74. The Bertz CT molecular complexity index is 793. The molecule has 0 aliphatic carbocycles. The van der Waals surface area contributed by atoms with Crippen molar-refractivity contribution in [3.05, 3.63) is 58.4 Å². The number of para-hydroxylation sites is 1. The van der Waals surface area contributed by atoms with E-state index in [1.165, 1.54) is 12.1 Å². The van der Waals surface area contributed by atoms with Gasteiger partial charge in [-0.05, 0) is 37.7 Å². The minimum Gasteiger partial charge on any atom is -1.00 e. The van der Waals surface area contributed by atoms with Crippen LogP contribution >= 0.6 is 11.6 Å². The number of nitrogens with zero attached hydrogens (tertiary/aromatic N) is 1. The normalized spacial score (nSPS) is 13.8. The minimum absolute atomic E-state index is 0. The van der Waals surface area contributed by atoms with E-state index in [-0.39, 0.29) is 37.2 Å². The second-order valence-electron chi connectivity index (χ2n) is 6.96. The molecule has 174 valence electrons. The summed E-state index contributed by atoms with van der Waals surface area (Å²) in [5.41, 5.74) is 1.73. The molecule has 1 aliphatic rings. The van der Waals surface area contributed by atoms with Crippen molar-refractivity contribution in [1.82, 2.24) is 10.2 Å². The fourth-order valence-electron chi connectivity index (χ4n) is 3.29. The fraction of sp³-hybridized carbons (Fsp3) is 0.455. The summed E-state index contributed by atoms with van der Waals surface area (Å²) in [7, 11) is 1.62. The molecule has 0 unspecified atom stereocenters. The number of halogens is 4. The van der Waals surface area contributed by atoms with E-state index < -0.39 is 0 Å². The van der Waals surface area contributed by atoms with E-state index in [1.54, 1.807) is 13.2 Å². The van der Waals surface area contributed by atoms with E-state index >= 15 is 0 Å². The number of hydrogen-bond donors (Lipinski definition) is 1. The van der Waals surface area contributed by atoms with Crippen molar-refractivity contribution in [2.75, 3.05) is 46.5 Å². The Labute approximate surface area is 201 Å². The van der Waals surface area contributed by atoms with Gasteiger partial charge in [-0.15, -0.1) is 0 Å². The minimum atomic E-state index is -0.363. The lowest BCUT2D eigenvalue weighted by atomic mass is 10.1. The first-order valence-corrected chi connectivity index (χ1v) is 10.3. The molecular formula is C22H28Cl3FN2O3-2. The Morgan fingerprint density at radius 3 is 2.61 bits per heavy atom. The van der Waals surface area contributed by atoms with Gasteiger partial charge in [0, 0.05) is 30.8 Å². The Hall–Kier alpha value is -1.28. The zero-order chi connectivity index (χ0) is 20.5. The SMILES string of the molecule is COc1cccc(CNCCCN2CCOCC2)c1OCc1ccc(F)cc1Cl.[Cl-].[Cl-]. The molecule has 0 radical (unpaired) electrons. The summed E-state index contributed by atoms with van der Waals surface area (Å²) in [6.45, 7) is 6.58. The summed E-state index contributed by atoms with van der Waals surface area (Å²) in [5, 5.41) is 3.83. The van der Waals surface area contributed by atoms with Gasteiger partial charge in [-0.25, -0.2) is 4.39 Å². The number of morpholine rings is 1. The summed E-state index contributed by atoms with van der Waals surface area (Å²) in [4.78, 5) is 2.43. The van der Waals surface area contributed by atoms with E-state index in [4.69, 9.17) is 25.8 Å². The molecule has 1 heterocycles. The second kappa shape index (κ2) is 14.7. The lowest BCUT2D eigenvalue weighted by Crippen LogP contribution is -3.00. The number of hydrogen-bond acceptors (Lipinski definition) is 5. The predicted octanol–water partition coefficient (Wildman–Crippen LogP) is -2.11. The summed E-state index contributed by atoms with van der Waals surface area (Å²) >= 11 is 6.12. The molecule has 1 saturated heterocycles. The maximum atomic E-state index is 13.3. The van der Waals surface area contributed by atoms with Crippen LogP contribution in [0.15, 0.2) is 36.4 Å². The molecule has 3 rings (SSSR count). The van der Waals surface area contributed by atoms with Crippen molar-refractivity contribution in [2.45, 2.75) is 19.6 Å². The van der Waals surface area contributed by atoms with Gasteiger partial charge in [0.2, 0.25) is 0 Å². The summed E-state index contributed by atoms with van der Waals surface area (Å²) in [6.07, 6.45) is 1.07. The Kier molecular flexibility index (Phi) is 13.2. The standard InChI is InChI=1S/C22H28ClFN2O3.2ClH/c1-27-21-5-2-4-17(15-25-8-3-9-26-10-12-28-13-11-26)22(21)29-16-18-6-7-19(24)14-20(18)23;;/h2,4-7,14,25H,3,8-13,15-16H2,1H3;2*1H/p-2. The van der Waals surface area contributed by atoms with Crippen LogP contribution in [0.3, 0.4) is 0 Å². The van der Waals surface area contributed by atoms with Gasteiger partial charge in [0.05, 0.1) is 25.3 Å². The highest BCUT2D eigenvalue weighted by Crippen LogP contribution is 2.32. The van der Waals surface area contributed by atoms with Crippen molar-refractivity contribution in [2.24, 2.45) is 0 Å². The van der Waals surface area contributed by atoms with Crippen molar-refractivity contribution in [3.63, 3.8) is 0 Å². The highest BCUT2D eigenvalue weighted by atomic mass is 35.5. The lowest BCUT2D eigenvalue weighted by molar-refractivity contribution is -0.00100. The van der Waals surface area contributed by atoms with Gasteiger partial charge in [0.15, 0.2) is 11.5 Å². The quantitative estimate of drug-likeness (QED) is 0.384. The zero-order valence-electron chi connectivity index (χ0n) is 17.5. The Morgan fingerprint density at radius 1 is 1.13 bits per heavy atom. The highest BCUT2D eigenvalue weighted by molar-refractivity contribution is 6.31. The number of ether oxygens (including phenoxy) is 3. The summed E-state index contributed by atoms with van der Waals surface area (Å²) in [5.74, 6) is 0.977. The van der Waals surface area contributed by atoms with Crippen LogP contribution in [-0.2, 0) is 17.9 Å². The van der Waals surface area contributed by atoms with Crippen LogP contribution < -0.4 is 39.6 Å². The topological polar surface area (TPSA) is 43.0 Å². The van der Waals surface area contributed by atoms with E-state index in [2.05, 4.69) is 10.2 Å². The van der Waals surface area contributed by atoms with E-state index in [0.717, 1.165) is 56.9 Å². The van der Waals surface area contributed by atoms with Crippen molar-refractivity contribution >= 4 is 11.6 Å². The molecule has 0 aromatic heterocycles. The van der Waals surface area contributed by atoms with E-state index in [1.807, 2.05) is 18.2 Å². The van der Waals surface area contributed by atoms with Crippen LogP contribution in [0.2, 0.25) is 5.02 Å². The van der Waals surface area contributed by atoms with Crippen molar-refractivity contribution in [3.8, 4) is 11.5 Å². The maximum Gasteiger partial charge on any atom is 0.166 e. The molecule has 0 amide bonds. The lowest BCUT2D eigenvalue weighted by Gasteiger charge is -2.26. The molecule has 1 aliphatic heterocycles. The van der Waals surface area contributed by atoms with E-state index in [0.29, 0.717) is 23.1 Å². The van der Waals surface area contributed by atoms with Crippen molar-refractivity contribution < 1.29 is 43.4 Å². The Morgan fingerprint density at radius 2 is 1.90 bits per heavy atom. The molecule has 0 spiro atoms. The first-order chi connectivity index (χ1) is 14.2. The largest absolute Gasteiger partial charge is 1.00 e. The first-order valence-electron chi connectivity index (χ1n) is 9.91. The molecule has 0 saturated carbocycles. The molecule has 31 heavy (non-hydrogen) atoms. The number of rotatable bonds is 10. The molecule has 1 fully saturated rings. The van der Waals surface area contributed by atoms with Gasteiger partial charge in [-0.1, -0.05) is 29.8 Å². The molecule has 2 aromatic carbocycles. The molecule has 9 heteroatoms. The van der Waals surface area contributed by atoms with Gasteiger partial charge in [-0.2, -0.15) is 0 Å². The number of nitrogens with one attached hydrogen (secondary N) is 1.